The van der Waals surface area contributed by atoms with Gasteiger partial charge in [-0.15, -0.1) is 0 Å². The monoisotopic (exact) mass is 330 g/mol. The number of nitrogens with zero attached hydrogens (tertiary/aromatic N) is 4. The average Bonchev–Trinajstić information content (AvgIpc) is 3.09. The molecule has 7 nitrogen and oxygen atoms in total. The summed E-state index contributed by atoms with van der Waals surface area (Å²) in [5.74, 6) is 1.96. The fraction of sp³-hybridized carbons (Fsp3) is 0.588. The van der Waals surface area contributed by atoms with Crippen molar-refractivity contribution < 1.29 is 4.74 Å². The second kappa shape index (κ2) is 8.10. The molecule has 2 aromatic rings. The maximum absolute atomic E-state index is 5.93. The van der Waals surface area contributed by atoms with Gasteiger partial charge in [0.25, 0.3) is 0 Å². The predicted octanol–water partition coefficient (Wildman–Crippen LogP) is 2.40. The lowest BCUT2D eigenvalue weighted by Crippen LogP contribution is -2.43. The van der Waals surface area contributed by atoms with E-state index in [1.807, 2.05) is 16.8 Å². The van der Waals surface area contributed by atoms with Crippen molar-refractivity contribution in [3.63, 3.8) is 0 Å². The van der Waals surface area contributed by atoms with Crippen molar-refractivity contribution in [2.24, 2.45) is 5.92 Å². The van der Waals surface area contributed by atoms with E-state index < -0.39 is 0 Å². The third-order valence-electron chi connectivity index (χ3n) is 4.22. The SMILES string of the molecule is CC(C)[C@@H]1OCCC[C@H]1Nc1ccnc(NCCn2ccnc2)n1. The largest absolute Gasteiger partial charge is 0.376 e. The molecule has 2 aromatic heterocycles. The predicted molar refractivity (Wildman–Crippen MR) is 94.0 cm³/mol. The summed E-state index contributed by atoms with van der Waals surface area (Å²) in [4.78, 5) is 12.9. The van der Waals surface area contributed by atoms with Gasteiger partial charge in [-0.05, 0) is 24.8 Å². The molecule has 2 atom stereocenters. The molecule has 3 rings (SSSR count). The van der Waals surface area contributed by atoms with Crippen LogP contribution in [-0.2, 0) is 11.3 Å². The van der Waals surface area contributed by atoms with Crippen molar-refractivity contribution in [2.75, 3.05) is 23.8 Å². The third-order valence-corrected chi connectivity index (χ3v) is 4.22. The molecule has 0 spiro atoms. The number of hydrogen-bond acceptors (Lipinski definition) is 6. The van der Waals surface area contributed by atoms with Crippen LogP contribution in [0.5, 0.6) is 0 Å². The lowest BCUT2D eigenvalue weighted by atomic mass is 9.94. The van der Waals surface area contributed by atoms with Gasteiger partial charge < -0.3 is 19.9 Å². The molecule has 130 valence electrons. The molecule has 0 saturated carbocycles. The van der Waals surface area contributed by atoms with Crippen LogP contribution in [0.3, 0.4) is 0 Å². The highest BCUT2D eigenvalue weighted by molar-refractivity contribution is 5.40. The number of ether oxygens (including phenoxy) is 1. The highest BCUT2D eigenvalue weighted by Crippen LogP contribution is 2.23. The summed E-state index contributed by atoms with van der Waals surface area (Å²) in [7, 11) is 0. The van der Waals surface area contributed by atoms with Gasteiger partial charge in [0.05, 0.1) is 18.5 Å². The first-order valence-corrected chi connectivity index (χ1v) is 8.63. The summed E-state index contributed by atoms with van der Waals surface area (Å²) >= 11 is 0. The second-order valence-electron chi connectivity index (χ2n) is 6.47. The van der Waals surface area contributed by atoms with E-state index in [1.54, 1.807) is 18.7 Å². The molecule has 1 fully saturated rings. The van der Waals surface area contributed by atoms with Crippen LogP contribution in [0.1, 0.15) is 26.7 Å². The molecule has 7 heteroatoms. The van der Waals surface area contributed by atoms with Crippen molar-refractivity contribution in [3.8, 4) is 0 Å². The van der Waals surface area contributed by atoms with Gasteiger partial charge in [-0.3, -0.25) is 0 Å². The van der Waals surface area contributed by atoms with E-state index in [1.165, 1.54) is 0 Å². The molecule has 1 aliphatic rings. The molecular formula is C17H26N6O. The Kier molecular flexibility index (Phi) is 5.63. The Bertz CT molecular complexity index is 615. The van der Waals surface area contributed by atoms with Crippen LogP contribution in [0.25, 0.3) is 0 Å². The highest BCUT2D eigenvalue weighted by atomic mass is 16.5. The maximum Gasteiger partial charge on any atom is 0.224 e. The van der Waals surface area contributed by atoms with Crippen molar-refractivity contribution in [2.45, 2.75) is 45.4 Å². The van der Waals surface area contributed by atoms with Crippen molar-refractivity contribution >= 4 is 11.8 Å². The Morgan fingerprint density at radius 2 is 2.29 bits per heavy atom. The Labute approximate surface area is 142 Å². The minimum absolute atomic E-state index is 0.228. The van der Waals surface area contributed by atoms with Gasteiger partial charge in [0, 0.05) is 38.3 Å². The molecule has 0 amide bonds. The van der Waals surface area contributed by atoms with Crippen LogP contribution >= 0.6 is 0 Å². The first kappa shape index (κ1) is 16.7. The molecule has 0 bridgehead atoms. The molecule has 0 aliphatic carbocycles. The van der Waals surface area contributed by atoms with Crippen LogP contribution in [0.2, 0.25) is 0 Å². The van der Waals surface area contributed by atoms with Crippen molar-refractivity contribution in [1.82, 2.24) is 19.5 Å². The van der Waals surface area contributed by atoms with Crippen LogP contribution in [0.4, 0.5) is 11.8 Å². The van der Waals surface area contributed by atoms with E-state index in [9.17, 15) is 0 Å². The zero-order chi connectivity index (χ0) is 16.8. The number of rotatable bonds is 7. The Balaban J connectivity index is 1.56. The number of hydrogen-bond donors (Lipinski definition) is 2. The minimum atomic E-state index is 0.228. The van der Waals surface area contributed by atoms with Crippen LogP contribution in [0.15, 0.2) is 31.0 Å². The standard InChI is InChI=1S/C17H26N6O/c1-13(2)16-14(4-3-11-24-16)21-15-5-6-19-17(22-15)20-8-10-23-9-7-18-12-23/h5-7,9,12-14,16H,3-4,8,10-11H2,1-2H3,(H2,19,20,21,22)/t14-,16+/m1/s1. The number of nitrogens with one attached hydrogen (secondary N) is 2. The fourth-order valence-corrected chi connectivity index (χ4v) is 3.04. The first-order valence-electron chi connectivity index (χ1n) is 8.63. The van der Waals surface area contributed by atoms with E-state index in [2.05, 4.69) is 39.4 Å². The molecule has 0 radical (unpaired) electrons. The van der Waals surface area contributed by atoms with E-state index in [-0.39, 0.29) is 6.10 Å². The normalized spacial score (nSPS) is 21.0. The Hall–Kier alpha value is -2.15. The van der Waals surface area contributed by atoms with Crippen molar-refractivity contribution in [1.29, 1.82) is 0 Å². The minimum Gasteiger partial charge on any atom is -0.376 e. The quantitative estimate of drug-likeness (QED) is 0.812. The molecule has 0 aromatic carbocycles. The number of aromatic nitrogens is 4. The Morgan fingerprint density at radius 3 is 3.08 bits per heavy atom. The zero-order valence-electron chi connectivity index (χ0n) is 14.4. The van der Waals surface area contributed by atoms with Gasteiger partial charge in [-0.2, -0.15) is 4.98 Å². The van der Waals surface area contributed by atoms with E-state index in [0.29, 0.717) is 17.9 Å². The van der Waals surface area contributed by atoms with E-state index >= 15 is 0 Å². The number of anilines is 2. The molecular weight excluding hydrogens is 304 g/mol. The third kappa shape index (κ3) is 4.44. The van der Waals surface area contributed by atoms with Gasteiger partial charge in [0.15, 0.2) is 0 Å². The molecule has 3 heterocycles. The zero-order valence-corrected chi connectivity index (χ0v) is 14.4. The van der Waals surface area contributed by atoms with Gasteiger partial charge in [0.1, 0.15) is 5.82 Å². The molecule has 24 heavy (non-hydrogen) atoms. The maximum atomic E-state index is 5.93. The summed E-state index contributed by atoms with van der Waals surface area (Å²) < 4.78 is 7.95. The van der Waals surface area contributed by atoms with Gasteiger partial charge in [0.2, 0.25) is 5.95 Å². The lowest BCUT2D eigenvalue weighted by molar-refractivity contribution is -0.0203. The van der Waals surface area contributed by atoms with Crippen LogP contribution in [0, 0.1) is 5.92 Å². The summed E-state index contributed by atoms with van der Waals surface area (Å²) in [6.07, 6.45) is 9.72. The van der Waals surface area contributed by atoms with Gasteiger partial charge in [-0.25, -0.2) is 9.97 Å². The van der Waals surface area contributed by atoms with E-state index in [4.69, 9.17) is 4.74 Å². The summed E-state index contributed by atoms with van der Waals surface area (Å²) in [6.45, 7) is 6.83. The molecule has 1 saturated heterocycles. The van der Waals surface area contributed by atoms with Gasteiger partial charge >= 0.3 is 0 Å². The molecule has 0 unspecified atom stereocenters. The fourth-order valence-electron chi connectivity index (χ4n) is 3.04. The van der Waals surface area contributed by atoms with Crippen molar-refractivity contribution in [3.05, 3.63) is 31.0 Å². The molecule has 2 N–H and O–H groups in total. The molecule has 1 aliphatic heterocycles. The van der Waals surface area contributed by atoms with Crippen LogP contribution < -0.4 is 10.6 Å². The Morgan fingerprint density at radius 1 is 1.38 bits per heavy atom. The summed E-state index contributed by atoms with van der Waals surface area (Å²) in [5.41, 5.74) is 0. The van der Waals surface area contributed by atoms with E-state index in [0.717, 1.165) is 38.4 Å². The first-order chi connectivity index (χ1) is 11.7. The van der Waals surface area contributed by atoms with Gasteiger partial charge in [-0.1, -0.05) is 13.8 Å². The smallest absolute Gasteiger partial charge is 0.224 e. The summed E-state index contributed by atoms with van der Waals surface area (Å²) in [5, 5.41) is 6.78. The average molecular weight is 330 g/mol. The highest BCUT2D eigenvalue weighted by Gasteiger charge is 2.28. The topological polar surface area (TPSA) is 76.9 Å². The lowest BCUT2D eigenvalue weighted by Gasteiger charge is -2.35. The second-order valence-corrected chi connectivity index (χ2v) is 6.47. The summed E-state index contributed by atoms with van der Waals surface area (Å²) in [6, 6.07) is 2.21. The number of imidazole rings is 1. The van der Waals surface area contributed by atoms with Crippen LogP contribution in [-0.4, -0.2) is 44.8 Å².